The van der Waals surface area contributed by atoms with Crippen LogP contribution < -0.4 is 11.0 Å². The Labute approximate surface area is 120 Å². The second kappa shape index (κ2) is 5.28. The van der Waals surface area contributed by atoms with Crippen molar-refractivity contribution in [2.45, 2.75) is 42.4 Å². The van der Waals surface area contributed by atoms with E-state index in [-0.39, 0.29) is 5.69 Å². The Morgan fingerprint density at radius 1 is 1.50 bits per heavy atom. The Morgan fingerprint density at radius 2 is 2.30 bits per heavy atom. The zero-order valence-electron chi connectivity index (χ0n) is 11.4. The van der Waals surface area contributed by atoms with Gasteiger partial charge in [-0.05, 0) is 31.5 Å². The highest BCUT2D eigenvalue weighted by atomic mass is 32.2. The molecule has 2 heterocycles. The molecule has 2 aromatic heterocycles. The van der Waals surface area contributed by atoms with E-state index in [1.54, 1.807) is 4.57 Å². The third kappa shape index (κ3) is 2.55. The zero-order valence-corrected chi connectivity index (χ0v) is 12.2. The summed E-state index contributed by atoms with van der Waals surface area (Å²) in [7, 11) is 1.84. The fraction of sp³-hybridized carbons (Fsp3) is 0.500. The molecule has 3 rings (SSSR count). The third-order valence-corrected chi connectivity index (χ3v) is 4.07. The summed E-state index contributed by atoms with van der Waals surface area (Å²) in [5.41, 5.74) is -0.194. The first-order valence-electron chi connectivity index (χ1n) is 6.61. The van der Waals surface area contributed by atoms with Crippen molar-refractivity contribution in [1.29, 1.82) is 0 Å². The lowest BCUT2D eigenvalue weighted by molar-refractivity contribution is 0.660. The fourth-order valence-corrected chi connectivity index (χ4v) is 2.81. The summed E-state index contributed by atoms with van der Waals surface area (Å²) < 4.78 is 1.59. The van der Waals surface area contributed by atoms with Crippen LogP contribution in [0.1, 0.15) is 31.5 Å². The Bertz CT molecular complexity index is 675. The lowest BCUT2D eigenvalue weighted by Gasteiger charge is -2.06. The minimum Gasteiger partial charge on any atom is -0.373 e. The molecule has 1 aliphatic carbocycles. The average molecular weight is 292 g/mol. The number of H-pyrrole nitrogens is 1. The van der Waals surface area contributed by atoms with Crippen molar-refractivity contribution in [1.82, 2.24) is 24.7 Å². The van der Waals surface area contributed by atoms with Crippen LogP contribution in [0.3, 0.4) is 0 Å². The molecule has 106 valence electrons. The van der Waals surface area contributed by atoms with Gasteiger partial charge < -0.3 is 5.32 Å². The first-order chi connectivity index (χ1) is 9.71. The molecule has 1 saturated carbocycles. The van der Waals surface area contributed by atoms with Crippen LogP contribution in [0.15, 0.2) is 21.0 Å². The highest BCUT2D eigenvalue weighted by molar-refractivity contribution is 7.99. The smallest absolute Gasteiger partial charge is 0.343 e. The molecule has 0 unspecified atom stereocenters. The van der Waals surface area contributed by atoms with Crippen molar-refractivity contribution in [3.8, 4) is 0 Å². The SMILES string of the molecule is CCn1c(Sc2cc(NC)nc(C3CC3)n2)n[nH]c1=O. The van der Waals surface area contributed by atoms with Gasteiger partial charge in [0, 0.05) is 25.6 Å². The molecule has 2 aromatic rings. The summed E-state index contributed by atoms with van der Waals surface area (Å²) >= 11 is 1.38. The molecule has 0 aromatic carbocycles. The maximum absolute atomic E-state index is 11.6. The van der Waals surface area contributed by atoms with Crippen LogP contribution in [-0.4, -0.2) is 31.8 Å². The van der Waals surface area contributed by atoms with Gasteiger partial charge in [-0.25, -0.2) is 19.9 Å². The summed E-state index contributed by atoms with van der Waals surface area (Å²) in [6.45, 7) is 2.49. The second-order valence-electron chi connectivity index (χ2n) is 4.63. The Kier molecular flexibility index (Phi) is 3.47. The first kappa shape index (κ1) is 13.2. The number of nitrogens with zero attached hydrogens (tertiary/aromatic N) is 4. The summed E-state index contributed by atoms with van der Waals surface area (Å²) in [5.74, 6) is 2.15. The number of aromatic nitrogens is 5. The van der Waals surface area contributed by atoms with Gasteiger partial charge in [-0.15, -0.1) is 5.10 Å². The Hall–Kier alpha value is -1.83. The molecule has 1 aliphatic rings. The average Bonchev–Trinajstić information content (AvgIpc) is 3.24. The van der Waals surface area contributed by atoms with Crippen LogP contribution in [0.4, 0.5) is 5.82 Å². The molecule has 20 heavy (non-hydrogen) atoms. The van der Waals surface area contributed by atoms with Gasteiger partial charge in [-0.1, -0.05) is 0 Å². The molecular formula is C12H16N6OS. The zero-order chi connectivity index (χ0) is 14.1. The van der Waals surface area contributed by atoms with Gasteiger partial charge in [-0.2, -0.15) is 0 Å². The molecule has 0 amide bonds. The molecule has 0 saturated heterocycles. The molecule has 7 nitrogen and oxygen atoms in total. The monoisotopic (exact) mass is 292 g/mol. The quantitative estimate of drug-likeness (QED) is 0.811. The van der Waals surface area contributed by atoms with E-state index in [9.17, 15) is 4.79 Å². The van der Waals surface area contributed by atoms with E-state index >= 15 is 0 Å². The van der Waals surface area contributed by atoms with E-state index in [2.05, 4.69) is 25.5 Å². The number of hydrogen-bond donors (Lipinski definition) is 2. The van der Waals surface area contributed by atoms with Crippen LogP contribution in [0.5, 0.6) is 0 Å². The maximum Gasteiger partial charge on any atom is 0.343 e. The van der Waals surface area contributed by atoms with Crippen LogP contribution >= 0.6 is 11.8 Å². The minimum atomic E-state index is -0.194. The molecule has 0 aliphatic heterocycles. The Balaban J connectivity index is 1.93. The summed E-state index contributed by atoms with van der Waals surface area (Å²) in [6, 6.07) is 1.87. The van der Waals surface area contributed by atoms with Crippen LogP contribution in [0.2, 0.25) is 0 Å². The van der Waals surface area contributed by atoms with Crippen molar-refractivity contribution < 1.29 is 0 Å². The van der Waals surface area contributed by atoms with E-state index in [0.29, 0.717) is 17.6 Å². The molecule has 0 bridgehead atoms. The van der Waals surface area contributed by atoms with Gasteiger partial charge >= 0.3 is 5.69 Å². The van der Waals surface area contributed by atoms with Gasteiger partial charge in [-0.3, -0.25) is 4.57 Å². The van der Waals surface area contributed by atoms with E-state index < -0.39 is 0 Å². The highest BCUT2D eigenvalue weighted by Gasteiger charge is 2.27. The maximum atomic E-state index is 11.6. The standard InChI is InChI=1S/C12H16N6OS/c1-3-18-11(19)16-17-12(18)20-9-6-8(13-2)14-10(15-9)7-4-5-7/h6-7H,3-5H2,1-2H3,(H,16,19)(H,13,14,15). The lowest BCUT2D eigenvalue weighted by atomic mass is 10.4. The molecular weight excluding hydrogens is 276 g/mol. The van der Waals surface area contributed by atoms with Crippen molar-refractivity contribution in [3.63, 3.8) is 0 Å². The predicted octanol–water partition coefficient (Wildman–Crippen LogP) is 1.45. The van der Waals surface area contributed by atoms with E-state index in [1.807, 2.05) is 20.0 Å². The van der Waals surface area contributed by atoms with Crippen LogP contribution in [0.25, 0.3) is 0 Å². The molecule has 0 radical (unpaired) electrons. The van der Waals surface area contributed by atoms with Crippen molar-refractivity contribution in [2.24, 2.45) is 0 Å². The molecule has 1 fully saturated rings. The van der Waals surface area contributed by atoms with Gasteiger partial charge in [0.25, 0.3) is 0 Å². The predicted molar refractivity (Wildman–Crippen MR) is 76.2 cm³/mol. The number of rotatable bonds is 5. The molecule has 2 N–H and O–H groups in total. The number of aromatic amines is 1. The lowest BCUT2D eigenvalue weighted by Crippen LogP contribution is -2.16. The van der Waals surface area contributed by atoms with E-state index in [0.717, 1.165) is 29.5 Å². The topological polar surface area (TPSA) is 88.5 Å². The van der Waals surface area contributed by atoms with Crippen LogP contribution in [0, 0.1) is 0 Å². The third-order valence-electron chi connectivity index (χ3n) is 3.15. The fourth-order valence-electron chi connectivity index (χ4n) is 1.90. The summed E-state index contributed by atoms with van der Waals surface area (Å²) in [5, 5.41) is 11.0. The van der Waals surface area contributed by atoms with Crippen molar-refractivity contribution in [2.75, 3.05) is 12.4 Å². The van der Waals surface area contributed by atoms with Gasteiger partial charge in [0.1, 0.15) is 16.7 Å². The largest absolute Gasteiger partial charge is 0.373 e. The van der Waals surface area contributed by atoms with E-state index in [1.165, 1.54) is 11.8 Å². The number of anilines is 1. The summed E-state index contributed by atoms with van der Waals surface area (Å²) in [4.78, 5) is 20.6. The van der Waals surface area contributed by atoms with Gasteiger partial charge in [0.2, 0.25) is 0 Å². The molecule has 0 atom stereocenters. The first-order valence-corrected chi connectivity index (χ1v) is 7.42. The van der Waals surface area contributed by atoms with Crippen LogP contribution in [-0.2, 0) is 6.54 Å². The summed E-state index contributed by atoms with van der Waals surface area (Å²) in [6.07, 6.45) is 2.30. The van der Waals surface area contributed by atoms with Gasteiger partial charge in [0.15, 0.2) is 5.16 Å². The minimum absolute atomic E-state index is 0.194. The Morgan fingerprint density at radius 3 is 2.95 bits per heavy atom. The van der Waals surface area contributed by atoms with Gasteiger partial charge in [0.05, 0.1) is 0 Å². The number of nitrogens with one attached hydrogen (secondary N) is 2. The second-order valence-corrected chi connectivity index (χ2v) is 5.62. The molecule has 8 heteroatoms. The van der Waals surface area contributed by atoms with E-state index in [4.69, 9.17) is 0 Å². The molecule has 0 spiro atoms. The van der Waals surface area contributed by atoms with Crippen molar-refractivity contribution >= 4 is 17.6 Å². The van der Waals surface area contributed by atoms with Crippen molar-refractivity contribution in [3.05, 3.63) is 22.4 Å². The number of hydrogen-bond acceptors (Lipinski definition) is 6. The normalized spacial score (nSPS) is 14.5. The highest BCUT2D eigenvalue weighted by Crippen LogP contribution is 2.39.